The van der Waals surface area contributed by atoms with Gasteiger partial charge in [-0.2, -0.15) is 9.65 Å². The van der Waals surface area contributed by atoms with Gasteiger partial charge in [-0.05, 0) is 0 Å². The van der Waals surface area contributed by atoms with Crippen LogP contribution in [0.25, 0.3) is 0 Å². The van der Waals surface area contributed by atoms with Gasteiger partial charge in [0.1, 0.15) is 6.07 Å². The van der Waals surface area contributed by atoms with Crippen LogP contribution in [0.4, 0.5) is 4.39 Å². The first-order valence-corrected chi connectivity index (χ1v) is 2.48. The summed E-state index contributed by atoms with van der Waals surface area (Å²) in [5.74, 6) is -1.56. The fourth-order valence-electron chi connectivity index (χ4n) is 0.498. The van der Waals surface area contributed by atoms with Gasteiger partial charge in [-0.3, -0.25) is 0 Å². The zero-order chi connectivity index (χ0) is 7.56. The Morgan fingerprint density at radius 1 is 1.70 bits per heavy atom. The molecule has 0 saturated carbocycles. The molecular formula is C6H3FN2O. The second-order valence-corrected chi connectivity index (χ2v) is 1.65. The molecule has 10 heavy (non-hydrogen) atoms. The summed E-state index contributed by atoms with van der Waals surface area (Å²) in [7, 11) is 0. The first-order chi connectivity index (χ1) is 4.74. The van der Waals surface area contributed by atoms with Crippen molar-refractivity contribution in [2.24, 2.45) is 0 Å². The molecule has 0 amide bonds. The molecule has 1 heterocycles. The number of aromatic nitrogens is 1. The molecule has 0 unspecified atom stereocenters. The Balaban J connectivity index is 3.20. The van der Waals surface area contributed by atoms with Crippen molar-refractivity contribution in [3.63, 3.8) is 0 Å². The summed E-state index contributed by atoms with van der Waals surface area (Å²) < 4.78 is 12.2. The molecule has 0 spiro atoms. The molecule has 1 rings (SSSR count). The molecule has 4 heteroatoms. The number of halogens is 1. The second kappa shape index (κ2) is 2.31. The van der Waals surface area contributed by atoms with Crippen LogP contribution in [0.5, 0.6) is 5.75 Å². The summed E-state index contributed by atoms with van der Waals surface area (Å²) in [4.78, 5) is 3.11. The van der Waals surface area contributed by atoms with Gasteiger partial charge < -0.3 is 5.11 Å². The lowest BCUT2D eigenvalue weighted by Crippen LogP contribution is -1.83. The van der Waals surface area contributed by atoms with Gasteiger partial charge in [0.25, 0.3) is 5.95 Å². The van der Waals surface area contributed by atoms with Crippen LogP contribution in [0.3, 0.4) is 0 Å². The zero-order valence-corrected chi connectivity index (χ0v) is 4.87. The van der Waals surface area contributed by atoms with E-state index in [1.54, 1.807) is 6.07 Å². The molecule has 1 N–H and O–H groups in total. The number of hydrogen-bond donors (Lipinski definition) is 1. The molecule has 0 fully saturated rings. The molecule has 1 aromatic heterocycles. The van der Waals surface area contributed by atoms with Gasteiger partial charge in [0.05, 0.1) is 5.56 Å². The summed E-state index contributed by atoms with van der Waals surface area (Å²) >= 11 is 0. The molecule has 0 aliphatic rings. The molecule has 0 aromatic carbocycles. The minimum absolute atomic E-state index is 0.138. The third kappa shape index (κ3) is 1.03. The van der Waals surface area contributed by atoms with Gasteiger partial charge in [0.2, 0.25) is 0 Å². The van der Waals surface area contributed by atoms with Gasteiger partial charge in [0.15, 0.2) is 5.75 Å². The highest BCUT2D eigenvalue weighted by Gasteiger charge is 2.00. The van der Waals surface area contributed by atoms with Crippen molar-refractivity contribution in [3.8, 4) is 11.8 Å². The molecular weight excluding hydrogens is 135 g/mol. The molecule has 3 nitrogen and oxygen atoms in total. The van der Waals surface area contributed by atoms with E-state index in [0.29, 0.717) is 0 Å². The molecule has 50 valence electrons. The number of hydrogen-bond acceptors (Lipinski definition) is 3. The van der Waals surface area contributed by atoms with E-state index in [0.717, 1.165) is 12.3 Å². The van der Waals surface area contributed by atoms with E-state index >= 15 is 0 Å². The number of nitrogens with zero attached hydrogens (tertiary/aromatic N) is 2. The van der Waals surface area contributed by atoms with Crippen molar-refractivity contribution >= 4 is 0 Å². The van der Waals surface area contributed by atoms with Crippen molar-refractivity contribution in [1.82, 2.24) is 4.98 Å². The van der Waals surface area contributed by atoms with Gasteiger partial charge >= 0.3 is 0 Å². The predicted molar refractivity (Wildman–Crippen MR) is 30.6 cm³/mol. The van der Waals surface area contributed by atoms with E-state index in [9.17, 15) is 4.39 Å². The first kappa shape index (κ1) is 6.49. The maximum Gasteiger partial charge on any atom is 0.255 e. The molecule has 0 saturated heterocycles. The lowest BCUT2D eigenvalue weighted by molar-refractivity contribution is 0.418. The Labute approximate surface area is 56.4 Å². The quantitative estimate of drug-likeness (QED) is 0.539. The van der Waals surface area contributed by atoms with E-state index in [-0.39, 0.29) is 5.56 Å². The Kier molecular flexibility index (Phi) is 1.50. The minimum Gasteiger partial charge on any atom is -0.504 e. The first-order valence-electron chi connectivity index (χ1n) is 2.48. The highest BCUT2D eigenvalue weighted by atomic mass is 19.1. The lowest BCUT2D eigenvalue weighted by atomic mass is 10.3. The Morgan fingerprint density at radius 3 is 2.90 bits per heavy atom. The molecule has 0 aliphatic heterocycles. The van der Waals surface area contributed by atoms with Crippen molar-refractivity contribution in [2.75, 3.05) is 0 Å². The fraction of sp³-hybridized carbons (Fsp3) is 0. The normalized spacial score (nSPS) is 8.80. The van der Waals surface area contributed by atoms with Gasteiger partial charge in [-0.1, -0.05) is 0 Å². The van der Waals surface area contributed by atoms with Crippen LogP contribution in [0.1, 0.15) is 5.56 Å². The van der Waals surface area contributed by atoms with Crippen molar-refractivity contribution in [1.29, 1.82) is 5.26 Å². The second-order valence-electron chi connectivity index (χ2n) is 1.65. The summed E-state index contributed by atoms with van der Waals surface area (Å²) in [6.45, 7) is 0. The molecule has 0 atom stereocenters. The third-order valence-electron chi connectivity index (χ3n) is 0.950. The van der Waals surface area contributed by atoms with Crippen LogP contribution in [-0.2, 0) is 0 Å². The smallest absolute Gasteiger partial charge is 0.255 e. The van der Waals surface area contributed by atoms with Crippen LogP contribution >= 0.6 is 0 Å². The molecule has 0 bridgehead atoms. The van der Waals surface area contributed by atoms with Crippen LogP contribution < -0.4 is 0 Å². The van der Waals surface area contributed by atoms with Crippen LogP contribution in [0.2, 0.25) is 0 Å². The summed E-state index contributed by atoms with van der Waals surface area (Å²) in [6, 6.07) is 2.72. The van der Waals surface area contributed by atoms with E-state index in [4.69, 9.17) is 10.4 Å². The number of pyridine rings is 1. The molecule has 1 aromatic rings. The van der Waals surface area contributed by atoms with E-state index in [1.807, 2.05) is 0 Å². The highest BCUT2D eigenvalue weighted by molar-refractivity contribution is 5.32. The van der Waals surface area contributed by atoms with E-state index in [1.165, 1.54) is 0 Å². The summed E-state index contributed by atoms with van der Waals surface area (Å²) in [6.07, 6.45) is 1.05. The lowest BCUT2D eigenvalue weighted by Gasteiger charge is -1.91. The van der Waals surface area contributed by atoms with Crippen molar-refractivity contribution in [2.45, 2.75) is 0 Å². The Bertz CT molecular complexity index is 292. The van der Waals surface area contributed by atoms with E-state index < -0.39 is 11.7 Å². The van der Waals surface area contributed by atoms with Crippen LogP contribution in [0, 0.1) is 17.3 Å². The average molecular weight is 138 g/mol. The van der Waals surface area contributed by atoms with Crippen molar-refractivity contribution in [3.05, 3.63) is 23.8 Å². The standard InChI is InChI=1S/C6H3FN2O/c7-6-5(10)1-4(2-8)3-9-6/h1,3,10H. The van der Waals surface area contributed by atoms with Crippen LogP contribution in [0.15, 0.2) is 12.3 Å². The van der Waals surface area contributed by atoms with Gasteiger partial charge in [-0.15, -0.1) is 0 Å². The third-order valence-corrected chi connectivity index (χ3v) is 0.950. The Hall–Kier alpha value is -1.63. The highest BCUT2D eigenvalue weighted by Crippen LogP contribution is 2.12. The van der Waals surface area contributed by atoms with Crippen molar-refractivity contribution < 1.29 is 9.50 Å². The van der Waals surface area contributed by atoms with E-state index in [2.05, 4.69) is 4.98 Å². The van der Waals surface area contributed by atoms with Gasteiger partial charge in [0, 0.05) is 12.3 Å². The number of aromatic hydroxyl groups is 1. The predicted octanol–water partition coefficient (Wildman–Crippen LogP) is 0.798. The maximum absolute atomic E-state index is 12.2. The Morgan fingerprint density at radius 2 is 2.40 bits per heavy atom. The monoisotopic (exact) mass is 138 g/mol. The molecule has 0 radical (unpaired) electrons. The number of nitriles is 1. The zero-order valence-electron chi connectivity index (χ0n) is 4.87. The molecule has 0 aliphatic carbocycles. The number of rotatable bonds is 0. The minimum atomic E-state index is -0.959. The average Bonchev–Trinajstić information content (AvgIpc) is 1.95. The van der Waals surface area contributed by atoms with Gasteiger partial charge in [-0.25, -0.2) is 4.98 Å². The maximum atomic E-state index is 12.2. The summed E-state index contributed by atoms with van der Waals surface area (Å²) in [5.41, 5.74) is 0.138. The van der Waals surface area contributed by atoms with Crippen LogP contribution in [-0.4, -0.2) is 10.1 Å². The fourth-order valence-corrected chi connectivity index (χ4v) is 0.498. The topological polar surface area (TPSA) is 56.9 Å². The summed E-state index contributed by atoms with van der Waals surface area (Å²) in [5, 5.41) is 16.9. The SMILES string of the molecule is N#Cc1cnc(F)c(O)c1. The largest absolute Gasteiger partial charge is 0.504 e.